The molecule has 7 heteroatoms. The summed E-state index contributed by atoms with van der Waals surface area (Å²) in [5, 5.41) is 17.0. The van der Waals surface area contributed by atoms with Crippen molar-refractivity contribution >= 4 is 5.97 Å². The van der Waals surface area contributed by atoms with Crippen molar-refractivity contribution < 1.29 is 19.4 Å². The second-order valence-corrected chi connectivity index (χ2v) is 4.74. The zero-order valence-electron chi connectivity index (χ0n) is 12.9. The molecule has 7 nitrogen and oxygen atoms in total. The highest BCUT2D eigenvalue weighted by atomic mass is 16.5. The van der Waals surface area contributed by atoms with Gasteiger partial charge in [0.1, 0.15) is 0 Å². The number of hydrogen-bond acceptors (Lipinski definition) is 5. The van der Waals surface area contributed by atoms with E-state index in [0.29, 0.717) is 29.3 Å². The molecule has 0 radical (unpaired) electrons. The van der Waals surface area contributed by atoms with E-state index >= 15 is 0 Å². The van der Waals surface area contributed by atoms with E-state index in [4.69, 9.17) is 9.47 Å². The molecule has 0 atom stereocenters. The first kappa shape index (κ1) is 15.8. The molecule has 0 bridgehead atoms. The van der Waals surface area contributed by atoms with Gasteiger partial charge in [0.25, 0.3) is 0 Å². The van der Waals surface area contributed by atoms with Gasteiger partial charge in [-0.2, -0.15) is 0 Å². The molecule has 2 aromatic rings. The average Bonchev–Trinajstić information content (AvgIpc) is 2.96. The fraction of sp³-hybridized carbons (Fsp3) is 0.400. The molecule has 0 saturated heterocycles. The van der Waals surface area contributed by atoms with E-state index in [9.17, 15) is 9.90 Å². The van der Waals surface area contributed by atoms with Crippen molar-refractivity contribution in [3.63, 3.8) is 0 Å². The molecule has 0 aliphatic carbocycles. The van der Waals surface area contributed by atoms with Crippen molar-refractivity contribution in [1.29, 1.82) is 0 Å². The summed E-state index contributed by atoms with van der Waals surface area (Å²) in [7, 11) is 3.10. The van der Waals surface area contributed by atoms with E-state index in [2.05, 4.69) is 10.3 Å². The van der Waals surface area contributed by atoms with Gasteiger partial charge in [0.05, 0.1) is 25.6 Å². The Morgan fingerprint density at radius 2 is 2.00 bits per heavy atom. The lowest BCUT2D eigenvalue weighted by atomic mass is 10.1. The predicted molar refractivity (Wildman–Crippen MR) is 80.0 cm³/mol. The van der Waals surface area contributed by atoms with Crippen molar-refractivity contribution in [2.24, 2.45) is 0 Å². The van der Waals surface area contributed by atoms with E-state index in [1.54, 1.807) is 37.1 Å². The highest BCUT2D eigenvalue weighted by Crippen LogP contribution is 2.29. The second kappa shape index (κ2) is 6.93. The number of carboxylic acids is 1. The van der Waals surface area contributed by atoms with Gasteiger partial charge in [0.2, 0.25) is 0 Å². The largest absolute Gasteiger partial charge is 0.493 e. The van der Waals surface area contributed by atoms with Gasteiger partial charge in [-0.1, -0.05) is 18.6 Å². The Hall–Kier alpha value is -2.57. The van der Waals surface area contributed by atoms with E-state index < -0.39 is 5.97 Å². The lowest BCUT2D eigenvalue weighted by Crippen LogP contribution is -2.07. The quantitative estimate of drug-likeness (QED) is 0.845. The summed E-state index contributed by atoms with van der Waals surface area (Å²) in [6.07, 6.45) is 2.41. The Bertz CT molecular complexity index is 667. The molecule has 2 rings (SSSR count). The van der Waals surface area contributed by atoms with Crippen molar-refractivity contribution in [3.8, 4) is 17.2 Å². The van der Waals surface area contributed by atoms with Crippen LogP contribution >= 0.6 is 0 Å². The molecular formula is C15H19N3O4. The fourth-order valence-electron chi connectivity index (χ4n) is 2.20. The van der Waals surface area contributed by atoms with Gasteiger partial charge < -0.3 is 14.6 Å². The summed E-state index contributed by atoms with van der Waals surface area (Å²) in [5.41, 5.74) is 1.26. The zero-order valence-corrected chi connectivity index (χ0v) is 12.9. The molecule has 0 saturated carbocycles. The monoisotopic (exact) mass is 305 g/mol. The van der Waals surface area contributed by atoms with E-state index in [0.717, 1.165) is 12.8 Å². The maximum absolute atomic E-state index is 11.3. The first-order chi connectivity index (χ1) is 10.6. The third-order valence-corrected chi connectivity index (χ3v) is 3.34. The summed E-state index contributed by atoms with van der Waals surface area (Å²) in [6.45, 7) is 2.05. The van der Waals surface area contributed by atoms with Crippen molar-refractivity contribution in [2.75, 3.05) is 14.2 Å². The summed E-state index contributed by atoms with van der Waals surface area (Å²) in [6, 6.07) is 5.28. The first-order valence-electron chi connectivity index (χ1n) is 7.02. The van der Waals surface area contributed by atoms with Crippen LogP contribution < -0.4 is 9.47 Å². The van der Waals surface area contributed by atoms with Crippen LogP contribution in [0.1, 0.15) is 35.9 Å². The SMILES string of the molecule is CCCCc1c(C(=O)O)nnn1-c1ccc(OC)c(OC)c1. The highest BCUT2D eigenvalue weighted by molar-refractivity contribution is 5.86. The van der Waals surface area contributed by atoms with Crippen LogP contribution in [0.15, 0.2) is 18.2 Å². The zero-order chi connectivity index (χ0) is 16.1. The minimum Gasteiger partial charge on any atom is -0.493 e. The predicted octanol–water partition coefficient (Wildman–Crippen LogP) is 2.33. The van der Waals surface area contributed by atoms with Crippen LogP contribution in [0.5, 0.6) is 11.5 Å². The molecule has 22 heavy (non-hydrogen) atoms. The van der Waals surface area contributed by atoms with Gasteiger partial charge in [0.15, 0.2) is 17.2 Å². The summed E-state index contributed by atoms with van der Waals surface area (Å²) < 4.78 is 12.0. The fourth-order valence-corrected chi connectivity index (χ4v) is 2.20. The van der Waals surface area contributed by atoms with E-state index in [1.165, 1.54) is 0 Å². The number of aromatic carboxylic acids is 1. The van der Waals surface area contributed by atoms with Gasteiger partial charge >= 0.3 is 5.97 Å². The normalized spacial score (nSPS) is 10.5. The van der Waals surface area contributed by atoms with Crippen LogP contribution in [0.3, 0.4) is 0 Å². The molecule has 118 valence electrons. The molecule has 0 aliphatic heterocycles. The van der Waals surface area contributed by atoms with E-state index in [1.807, 2.05) is 6.92 Å². The molecule has 1 heterocycles. The molecule has 1 aromatic carbocycles. The van der Waals surface area contributed by atoms with Crippen LogP contribution in [-0.2, 0) is 6.42 Å². The second-order valence-electron chi connectivity index (χ2n) is 4.74. The summed E-state index contributed by atoms with van der Waals surface area (Å²) in [5.74, 6) is 0.0755. The standard InChI is InChI=1S/C15H19N3O4/c1-4-5-6-11-14(15(19)20)16-17-18(11)10-7-8-12(21-2)13(9-10)22-3/h7-9H,4-6H2,1-3H3,(H,19,20). The van der Waals surface area contributed by atoms with Crippen molar-refractivity contribution in [2.45, 2.75) is 26.2 Å². The Balaban J connectivity index is 2.49. The minimum atomic E-state index is -1.07. The molecule has 0 aliphatic rings. The van der Waals surface area contributed by atoms with Crippen LogP contribution in [-0.4, -0.2) is 40.3 Å². The van der Waals surface area contributed by atoms with Crippen LogP contribution in [0, 0.1) is 0 Å². The maximum Gasteiger partial charge on any atom is 0.358 e. The third kappa shape index (κ3) is 3.03. The Kier molecular flexibility index (Phi) is 4.98. The smallest absolute Gasteiger partial charge is 0.358 e. The van der Waals surface area contributed by atoms with Gasteiger partial charge in [-0.25, -0.2) is 9.48 Å². The number of benzene rings is 1. The number of unbranched alkanes of at least 4 members (excludes halogenated alkanes) is 1. The topological polar surface area (TPSA) is 86.5 Å². The number of methoxy groups -OCH3 is 2. The van der Waals surface area contributed by atoms with Gasteiger partial charge in [-0.05, 0) is 25.0 Å². The molecule has 0 unspecified atom stereocenters. The minimum absolute atomic E-state index is 0.0109. The van der Waals surface area contributed by atoms with Gasteiger partial charge in [0, 0.05) is 6.07 Å². The van der Waals surface area contributed by atoms with Crippen molar-refractivity contribution in [1.82, 2.24) is 15.0 Å². The molecule has 0 fully saturated rings. The molecule has 1 N–H and O–H groups in total. The Morgan fingerprint density at radius 1 is 1.27 bits per heavy atom. The van der Waals surface area contributed by atoms with Crippen LogP contribution in [0.2, 0.25) is 0 Å². The van der Waals surface area contributed by atoms with Crippen LogP contribution in [0.25, 0.3) is 5.69 Å². The molecule has 0 spiro atoms. The third-order valence-electron chi connectivity index (χ3n) is 3.34. The molecule has 1 aromatic heterocycles. The van der Waals surface area contributed by atoms with Gasteiger partial charge in [-0.3, -0.25) is 0 Å². The maximum atomic E-state index is 11.3. The number of hydrogen-bond donors (Lipinski definition) is 1. The van der Waals surface area contributed by atoms with Crippen LogP contribution in [0.4, 0.5) is 0 Å². The highest BCUT2D eigenvalue weighted by Gasteiger charge is 2.20. The lowest BCUT2D eigenvalue weighted by molar-refractivity contribution is 0.0689. The number of nitrogens with zero attached hydrogens (tertiary/aromatic N) is 3. The van der Waals surface area contributed by atoms with Gasteiger partial charge in [-0.15, -0.1) is 5.10 Å². The molecular weight excluding hydrogens is 286 g/mol. The average molecular weight is 305 g/mol. The Labute approximate surface area is 128 Å². The van der Waals surface area contributed by atoms with Crippen molar-refractivity contribution in [3.05, 3.63) is 29.6 Å². The number of carbonyl (C=O) groups is 1. The number of ether oxygens (including phenoxy) is 2. The number of aromatic nitrogens is 3. The molecule has 0 amide bonds. The summed E-state index contributed by atoms with van der Waals surface area (Å²) >= 11 is 0. The first-order valence-corrected chi connectivity index (χ1v) is 7.02. The Morgan fingerprint density at radius 3 is 2.59 bits per heavy atom. The lowest BCUT2D eigenvalue weighted by Gasteiger charge is -2.11. The summed E-state index contributed by atoms with van der Waals surface area (Å²) in [4.78, 5) is 11.3. The number of carboxylic acid groups (broad SMARTS) is 1. The number of rotatable bonds is 7. The van der Waals surface area contributed by atoms with E-state index in [-0.39, 0.29) is 5.69 Å².